The van der Waals surface area contributed by atoms with Crippen LogP contribution < -0.4 is 25.0 Å². The number of piperazine rings is 1. The van der Waals surface area contributed by atoms with E-state index in [2.05, 4.69) is 51.7 Å². The normalized spacial score (nSPS) is 16.1. The molecule has 4 aromatic heterocycles. The molecule has 31 heavy (non-hydrogen) atoms. The molecule has 2 aliphatic rings. The number of hydrogen-bond acceptors (Lipinski definition) is 10. The third-order valence-electron chi connectivity index (χ3n) is 5.46. The van der Waals surface area contributed by atoms with E-state index in [1.165, 1.54) is 16.1 Å². The van der Waals surface area contributed by atoms with E-state index < -0.39 is 0 Å². The van der Waals surface area contributed by atoms with Crippen molar-refractivity contribution in [3.63, 3.8) is 0 Å². The lowest BCUT2D eigenvalue weighted by atomic mass is 10.3. The van der Waals surface area contributed by atoms with Crippen molar-refractivity contribution >= 4 is 52.6 Å². The molecule has 4 aromatic rings. The zero-order chi connectivity index (χ0) is 20.6. The Morgan fingerprint density at radius 1 is 1.03 bits per heavy atom. The van der Waals surface area contributed by atoms with Gasteiger partial charge >= 0.3 is 0 Å². The van der Waals surface area contributed by atoms with Gasteiger partial charge in [-0.3, -0.25) is 10.4 Å². The minimum absolute atomic E-state index is 0.526. The van der Waals surface area contributed by atoms with Crippen LogP contribution in [0.25, 0.3) is 23.4 Å². The maximum Gasteiger partial charge on any atom is 0.246 e. The Labute approximate surface area is 181 Å². The van der Waals surface area contributed by atoms with Crippen LogP contribution in [0.4, 0.5) is 17.6 Å². The molecule has 0 radical (unpaired) electrons. The minimum atomic E-state index is 0.526. The second-order valence-corrected chi connectivity index (χ2v) is 8.21. The quantitative estimate of drug-likeness (QED) is 0.474. The second kappa shape index (κ2) is 7.51. The predicted octanol–water partition coefficient (Wildman–Crippen LogP) is 0.392. The van der Waals surface area contributed by atoms with Crippen molar-refractivity contribution < 1.29 is 0 Å². The number of hydrogen-bond donors (Lipinski definition) is 2. The van der Waals surface area contributed by atoms with E-state index >= 15 is 0 Å². The molecule has 2 N–H and O–H groups in total. The van der Waals surface area contributed by atoms with E-state index in [-0.39, 0.29) is 0 Å². The van der Waals surface area contributed by atoms with Gasteiger partial charge < -0.3 is 14.8 Å². The molecule has 0 aliphatic carbocycles. The Morgan fingerprint density at radius 3 is 2.81 bits per heavy atom. The molecule has 0 saturated carbocycles. The molecule has 1 saturated heterocycles. The lowest BCUT2D eigenvalue weighted by molar-refractivity contribution is 0.545. The SMILES string of the molecule is C1=c2cnsc2=CCN1Nc1nc(N2CCN(c3ccccn3)CC2)c2[nH]cnc2n1. The average molecular weight is 433 g/mol. The molecule has 6 heterocycles. The zero-order valence-electron chi connectivity index (χ0n) is 16.6. The number of imidazole rings is 1. The number of nitrogens with zero attached hydrogens (tertiary/aromatic N) is 8. The van der Waals surface area contributed by atoms with E-state index in [9.17, 15) is 0 Å². The first-order valence-electron chi connectivity index (χ1n) is 10.1. The number of aromatic amines is 1. The first-order valence-corrected chi connectivity index (χ1v) is 10.9. The van der Waals surface area contributed by atoms with Gasteiger partial charge in [0, 0.05) is 43.8 Å². The molecule has 2 aliphatic heterocycles. The molecule has 0 spiro atoms. The Hall–Kier alpha value is -3.73. The van der Waals surface area contributed by atoms with Gasteiger partial charge in [0.1, 0.15) is 11.3 Å². The number of anilines is 3. The van der Waals surface area contributed by atoms with Crippen LogP contribution in [0.2, 0.25) is 0 Å². The maximum absolute atomic E-state index is 4.84. The number of H-pyrrole nitrogens is 1. The van der Waals surface area contributed by atoms with Gasteiger partial charge in [0.25, 0.3) is 0 Å². The summed E-state index contributed by atoms with van der Waals surface area (Å²) < 4.78 is 5.43. The van der Waals surface area contributed by atoms with E-state index in [1.807, 2.05) is 35.7 Å². The van der Waals surface area contributed by atoms with Crippen LogP contribution in [0.5, 0.6) is 0 Å². The highest BCUT2D eigenvalue weighted by molar-refractivity contribution is 7.03. The number of hydrazine groups is 1. The van der Waals surface area contributed by atoms with Gasteiger partial charge in [0.05, 0.1) is 23.6 Å². The van der Waals surface area contributed by atoms with E-state index in [0.717, 1.165) is 55.1 Å². The highest BCUT2D eigenvalue weighted by Gasteiger charge is 2.23. The van der Waals surface area contributed by atoms with Crippen molar-refractivity contribution in [2.75, 3.05) is 47.9 Å². The molecular formula is C20H20N10S. The van der Waals surface area contributed by atoms with Gasteiger partial charge in [-0.15, -0.1) is 0 Å². The van der Waals surface area contributed by atoms with Crippen molar-refractivity contribution in [2.45, 2.75) is 0 Å². The van der Waals surface area contributed by atoms with E-state index in [4.69, 9.17) is 4.98 Å². The van der Waals surface area contributed by atoms with Crippen LogP contribution in [-0.2, 0) is 0 Å². The first-order chi connectivity index (χ1) is 15.3. The maximum atomic E-state index is 4.84. The van der Waals surface area contributed by atoms with Gasteiger partial charge in [-0.05, 0) is 29.7 Å². The second-order valence-electron chi connectivity index (χ2n) is 7.38. The van der Waals surface area contributed by atoms with Gasteiger partial charge in [-0.1, -0.05) is 6.07 Å². The fraction of sp³-hybridized carbons (Fsp3) is 0.250. The first kappa shape index (κ1) is 18.1. The molecule has 1 fully saturated rings. The van der Waals surface area contributed by atoms with Crippen molar-refractivity contribution in [1.29, 1.82) is 0 Å². The molecule has 6 rings (SSSR count). The Kier molecular flexibility index (Phi) is 4.38. The highest BCUT2D eigenvalue weighted by Crippen LogP contribution is 2.25. The third kappa shape index (κ3) is 3.42. The number of nitrogens with one attached hydrogen (secondary N) is 2. The third-order valence-corrected chi connectivity index (χ3v) is 6.27. The summed E-state index contributed by atoms with van der Waals surface area (Å²) in [4.78, 5) is 26.1. The number of aromatic nitrogens is 6. The van der Waals surface area contributed by atoms with Crippen molar-refractivity contribution in [2.24, 2.45) is 0 Å². The molecule has 0 amide bonds. The highest BCUT2D eigenvalue weighted by atomic mass is 32.1. The smallest absolute Gasteiger partial charge is 0.246 e. The topological polar surface area (TPSA) is 102 Å². The van der Waals surface area contributed by atoms with Crippen LogP contribution in [0.15, 0.2) is 36.9 Å². The van der Waals surface area contributed by atoms with Crippen LogP contribution >= 0.6 is 11.5 Å². The van der Waals surface area contributed by atoms with Crippen molar-refractivity contribution in [3.8, 4) is 0 Å². The zero-order valence-corrected chi connectivity index (χ0v) is 17.5. The predicted molar refractivity (Wildman–Crippen MR) is 121 cm³/mol. The van der Waals surface area contributed by atoms with Crippen LogP contribution in [0.1, 0.15) is 0 Å². The van der Waals surface area contributed by atoms with Crippen LogP contribution in [0.3, 0.4) is 0 Å². The van der Waals surface area contributed by atoms with Gasteiger partial charge in [0.15, 0.2) is 11.5 Å². The summed E-state index contributed by atoms with van der Waals surface area (Å²) in [5.41, 5.74) is 4.82. The fourth-order valence-electron chi connectivity index (χ4n) is 3.90. The molecule has 156 valence electrons. The Bertz CT molecular complexity index is 1320. The summed E-state index contributed by atoms with van der Waals surface area (Å²) in [5.74, 6) is 2.40. The molecule has 11 heteroatoms. The van der Waals surface area contributed by atoms with Crippen molar-refractivity contribution in [1.82, 2.24) is 34.3 Å². The fourth-order valence-corrected chi connectivity index (χ4v) is 4.54. The summed E-state index contributed by atoms with van der Waals surface area (Å²) in [5, 5.41) is 3.06. The largest absolute Gasteiger partial charge is 0.353 e. The summed E-state index contributed by atoms with van der Waals surface area (Å²) in [7, 11) is 0. The molecule has 0 bridgehead atoms. The summed E-state index contributed by atoms with van der Waals surface area (Å²) in [6.45, 7) is 4.16. The van der Waals surface area contributed by atoms with Crippen LogP contribution in [-0.4, -0.2) is 67.0 Å². The molecule has 0 unspecified atom stereocenters. The van der Waals surface area contributed by atoms with Gasteiger partial charge in [-0.2, -0.15) is 14.3 Å². The minimum Gasteiger partial charge on any atom is -0.353 e. The molecule has 0 aromatic carbocycles. The Morgan fingerprint density at radius 2 is 1.94 bits per heavy atom. The van der Waals surface area contributed by atoms with Gasteiger partial charge in [-0.25, -0.2) is 9.97 Å². The summed E-state index contributed by atoms with van der Waals surface area (Å²) in [6, 6.07) is 6.02. The Balaban J connectivity index is 1.25. The molecular weight excluding hydrogens is 412 g/mol. The lowest BCUT2D eigenvalue weighted by Gasteiger charge is -2.36. The summed E-state index contributed by atoms with van der Waals surface area (Å²) in [6.07, 6.45) is 9.55. The lowest BCUT2D eigenvalue weighted by Crippen LogP contribution is -2.47. The number of fused-ring (bicyclic) bond motifs is 2. The van der Waals surface area contributed by atoms with Crippen LogP contribution in [0, 0.1) is 0 Å². The van der Waals surface area contributed by atoms with Crippen molar-refractivity contribution in [3.05, 3.63) is 46.7 Å². The molecule has 0 atom stereocenters. The number of pyridine rings is 1. The standard InChI is InChI=1S/C20H20N10S/c1-2-5-21-16(3-1)28-7-9-29(10-8-28)19-17-18(23-13-22-17)25-20(26-19)27-30-6-4-15-14(12-30)11-24-31-15/h1-5,11-13H,6-10H2,(H2,22,23,25,26,27). The summed E-state index contributed by atoms with van der Waals surface area (Å²) >= 11 is 1.50. The monoisotopic (exact) mass is 432 g/mol. The van der Waals surface area contributed by atoms with E-state index in [0.29, 0.717) is 11.6 Å². The number of rotatable bonds is 4. The molecule has 10 nitrogen and oxygen atoms in total. The van der Waals surface area contributed by atoms with Gasteiger partial charge in [0.2, 0.25) is 5.95 Å². The average Bonchev–Trinajstić information content (AvgIpc) is 3.48. The van der Waals surface area contributed by atoms with E-state index in [1.54, 1.807) is 6.33 Å².